The van der Waals surface area contributed by atoms with E-state index in [4.69, 9.17) is 4.74 Å². The van der Waals surface area contributed by atoms with Crippen LogP contribution in [0.2, 0.25) is 0 Å². The summed E-state index contributed by atoms with van der Waals surface area (Å²) in [7, 11) is 1.63. The van der Waals surface area contributed by atoms with E-state index in [0.29, 0.717) is 18.7 Å². The van der Waals surface area contributed by atoms with Crippen LogP contribution in [0.5, 0.6) is 5.75 Å². The summed E-state index contributed by atoms with van der Waals surface area (Å²) in [6, 6.07) is 4.34. The van der Waals surface area contributed by atoms with Crippen LogP contribution in [-0.4, -0.2) is 90.0 Å². The second kappa shape index (κ2) is 11.3. The van der Waals surface area contributed by atoms with E-state index in [1.54, 1.807) is 31.3 Å². The Morgan fingerprint density at radius 2 is 1.91 bits per heavy atom. The monoisotopic (exact) mass is 474 g/mol. The molecule has 0 spiro atoms. The number of para-hydroxylation sites is 1. The lowest BCUT2D eigenvalue weighted by molar-refractivity contribution is -0.139. The maximum Gasteiger partial charge on any atom is 0.255 e. The summed E-state index contributed by atoms with van der Waals surface area (Å²) in [5.41, 5.74) is 0.229. The Kier molecular flexibility index (Phi) is 8.49. The van der Waals surface area contributed by atoms with E-state index in [2.05, 4.69) is 10.6 Å². The predicted octanol–water partition coefficient (Wildman–Crippen LogP) is 0.150. The lowest BCUT2D eigenvalue weighted by Gasteiger charge is -2.30. The number of hydrogen-bond acceptors (Lipinski definition) is 6. The smallest absolute Gasteiger partial charge is 0.255 e. The highest BCUT2D eigenvalue weighted by Crippen LogP contribution is 2.21. The number of aliphatic hydroxyl groups is 1. The summed E-state index contributed by atoms with van der Waals surface area (Å²) in [5.74, 6) is -1.61. The molecule has 1 saturated heterocycles. The topological polar surface area (TPSA) is 128 Å². The molecule has 10 heteroatoms. The van der Waals surface area contributed by atoms with Gasteiger partial charge in [-0.05, 0) is 30.9 Å². The standard InChI is InChI=1S/C24H34N4O6/c1-15(2)21-24(33)27(3)11-12-34-19-9-5-4-8-17(19)22(31)25-18(13-20(30)26-21)23(32)28-10-6-7-16(28)14-29/h4-5,8-9,15-16,18,21,29H,6-7,10-14H2,1-3H3,(H,25,31)(H,26,30)/t16-,18-,21+/m0/s1. The van der Waals surface area contributed by atoms with Crippen LogP contribution in [0.15, 0.2) is 24.3 Å². The van der Waals surface area contributed by atoms with Gasteiger partial charge < -0.3 is 30.3 Å². The van der Waals surface area contributed by atoms with E-state index in [1.165, 1.54) is 9.80 Å². The number of likely N-dealkylation sites (tertiary alicyclic amines) is 1. The number of nitrogens with one attached hydrogen (secondary N) is 2. The second-order valence-corrected chi connectivity index (χ2v) is 9.13. The van der Waals surface area contributed by atoms with Gasteiger partial charge in [0.1, 0.15) is 24.4 Å². The number of hydrogen-bond donors (Lipinski definition) is 3. The van der Waals surface area contributed by atoms with Crippen molar-refractivity contribution in [2.24, 2.45) is 5.92 Å². The molecule has 1 aromatic carbocycles. The van der Waals surface area contributed by atoms with Crippen LogP contribution in [0.3, 0.4) is 0 Å². The van der Waals surface area contributed by atoms with Gasteiger partial charge in [-0.3, -0.25) is 19.2 Å². The Morgan fingerprint density at radius 1 is 1.18 bits per heavy atom. The number of amides is 4. The lowest BCUT2D eigenvalue weighted by atomic mass is 10.0. The number of fused-ring (bicyclic) bond motifs is 1. The summed E-state index contributed by atoms with van der Waals surface area (Å²) in [6.07, 6.45) is 1.06. The largest absolute Gasteiger partial charge is 0.491 e. The van der Waals surface area contributed by atoms with Crippen molar-refractivity contribution in [1.82, 2.24) is 20.4 Å². The number of benzene rings is 1. The number of ether oxygens (including phenoxy) is 1. The summed E-state index contributed by atoms with van der Waals surface area (Å²) in [5, 5.41) is 15.1. The highest BCUT2D eigenvalue weighted by molar-refractivity contribution is 6.01. The van der Waals surface area contributed by atoms with Gasteiger partial charge in [0.2, 0.25) is 17.7 Å². The van der Waals surface area contributed by atoms with Gasteiger partial charge in [-0.15, -0.1) is 0 Å². The fourth-order valence-corrected chi connectivity index (χ4v) is 4.30. The molecule has 3 atom stereocenters. The van der Waals surface area contributed by atoms with Gasteiger partial charge in [0.05, 0.1) is 31.2 Å². The first-order valence-corrected chi connectivity index (χ1v) is 11.7. The van der Waals surface area contributed by atoms with E-state index >= 15 is 0 Å². The van der Waals surface area contributed by atoms with Gasteiger partial charge in [0, 0.05) is 13.6 Å². The zero-order valence-electron chi connectivity index (χ0n) is 20.0. The van der Waals surface area contributed by atoms with Gasteiger partial charge in [0.15, 0.2) is 0 Å². The molecule has 10 nitrogen and oxygen atoms in total. The van der Waals surface area contributed by atoms with Crippen molar-refractivity contribution in [2.75, 3.05) is 33.4 Å². The fourth-order valence-electron chi connectivity index (χ4n) is 4.30. The molecular formula is C24H34N4O6. The molecule has 0 unspecified atom stereocenters. The van der Waals surface area contributed by atoms with Crippen LogP contribution in [0, 0.1) is 5.92 Å². The van der Waals surface area contributed by atoms with E-state index in [-0.39, 0.29) is 49.6 Å². The quantitative estimate of drug-likeness (QED) is 0.572. The number of aliphatic hydroxyl groups excluding tert-OH is 1. The van der Waals surface area contributed by atoms with Gasteiger partial charge in [-0.25, -0.2) is 0 Å². The molecule has 2 aliphatic heterocycles. The first-order valence-electron chi connectivity index (χ1n) is 11.7. The minimum absolute atomic E-state index is 0.152. The maximum atomic E-state index is 13.4. The van der Waals surface area contributed by atoms with Crippen molar-refractivity contribution in [3.63, 3.8) is 0 Å². The Hall–Kier alpha value is -3.14. The number of likely N-dealkylation sites (N-methyl/N-ethyl adjacent to an activating group) is 1. The highest BCUT2D eigenvalue weighted by Gasteiger charge is 2.36. The summed E-state index contributed by atoms with van der Waals surface area (Å²) in [6.45, 7) is 4.33. The molecule has 4 amide bonds. The molecule has 186 valence electrons. The minimum atomic E-state index is -1.16. The maximum absolute atomic E-state index is 13.4. The third kappa shape index (κ3) is 5.85. The molecule has 1 fully saturated rings. The number of carbonyl (C=O) groups is 4. The van der Waals surface area contributed by atoms with Crippen molar-refractivity contribution in [3.8, 4) is 5.75 Å². The van der Waals surface area contributed by atoms with Crippen LogP contribution in [-0.2, 0) is 14.4 Å². The summed E-state index contributed by atoms with van der Waals surface area (Å²) >= 11 is 0. The predicted molar refractivity (Wildman–Crippen MR) is 124 cm³/mol. The third-order valence-corrected chi connectivity index (χ3v) is 6.31. The molecule has 0 aromatic heterocycles. The highest BCUT2D eigenvalue weighted by atomic mass is 16.5. The van der Waals surface area contributed by atoms with Crippen molar-refractivity contribution >= 4 is 23.6 Å². The third-order valence-electron chi connectivity index (χ3n) is 6.31. The van der Waals surface area contributed by atoms with Gasteiger partial charge >= 0.3 is 0 Å². The van der Waals surface area contributed by atoms with Crippen LogP contribution in [0.1, 0.15) is 43.5 Å². The van der Waals surface area contributed by atoms with E-state index in [0.717, 1.165) is 6.42 Å². The van der Waals surface area contributed by atoms with Crippen molar-refractivity contribution in [3.05, 3.63) is 29.8 Å². The first-order chi connectivity index (χ1) is 16.2. The molecule has 2 aliphatic rings. The molecule has 1 aromatic rings. The number of rotatable bonds is 3. The average Bonchev–Trinajstić information content (AvgIpc) is 3.29. The van der Waals surface area contributed by atoms with E-state index < -0.39 is 29.8 Å². The zero-order chi connectivity index (χ0) is 24.8. The van der Waals surface area contributed by atoms with Gasteiger partial charge in [0.25, 0.3) is 5.91 Å². The Balaban J connectivity index is 1.94. The van der Waals surface area contributed by atoms with Crippen LogP contribution < -0.4 is 15.4 Å². The first kappa shape index (κ1) is 25.5. The average molecular weight is 475 g/mol. The normalized spacial score (nSPS) is 24.7. The van der Waals surface area contributed by atoms with Crippen molar-refractivity contribution < 1.29 is 29.0 Å². The molecule has 0 aliphatic carbocycles. The Labute approximate surface area is 199 Å². The second-order valence-electron chi connectivity index (χ2n) is 9.13. The summed E-state index contributed by atoms with van der Waals surface area (Å²) in [4.78, 5) is 55.5. The molecule has 3 N–H and O–H groups in total. The van der Waals surface area contributed by atoms with E-state index in [9.17, 15) is 24.3 Å². The van der Waals surface area contributed by atoms with E-state index in [1.807, 2.05) is 13.8 Å². The Morgan fingerprint density at radius 3 is 2.62 bits per heavy atom. The minimum Gasteiger partial charge on any atom is -0.491 e. The molecule has 0 saturated carbocycles. The number of nitrogens with zero attached hydrogens (tertiary/aromatic N) is 2. The summed E-state index contributed by atoms with van der Waals surface area (Å²) < 4.78 is 5.80. The van der Waals surface area contributed by atoms with Crippen LogP contribution in [0.4, 0.5) is 0 Å². The van der Waals surface area contributed by atoms with Gasteiger partial charge in [-0.1, -0.05) is 26.0 Å². The number of carbonyl (C=O) groups excluding carboxylic acids is 4. The van der Waals surface area contributed by atoms with Crippen molar-refractivity contribution in [2.45, 2.75) is 51.2 Å². The lowest BCUT2D eigenvalue weighted by Crippen LogP contribution is -2.55. The molecule has 34 heavy (non-hydrogen) atoms. The molecule has 2 heterocycles. The zero-order valence-corrected chi connectivity index (χ0v) is 20.0. The van der Waals surface area contributed by atoms with Gasteiger partial charge in [-0.2, -0.15) is 0 Å². The van der Waals surface area contributed by atoms with Crippen molar-refractivity contribution in [1.29, 1.82) is 0 Å². The Bertz CT molecular complexity index is 920. The molecule has 0 radical (unpaired) electrons. The SMILES string of the molecule is CC(C)[C@H]1NC(=O)C[C@@H](C(=O)N2CCC[C@H]2CO)NC(=O)c2ccccc2OCCN(C)C1=O. The molecular weight excluding hydrogens is 440 g/mol. The molecule has 3 rings (SSSR count). The fraction of sp³-hybridized carbons (Fsp3) is 0.583. The molecule has 0 bridgehead atoms. The van der Waals surface area contributed by atoms with Crippen LogP contribution in [0.25, 0.3) is 0 Å². The van der Waals surface area contributed by atoms with Crippen LogP contribution >= 0.6 is 0 Å².